The summed E-state index contributed by atoms with van der Waals surface area (Å²) in [5.41, 5.74) is 5.85. The molecule has 1 amide bonds. The van der Waals surface area contributed by atoms with Gasteiger partial charge in [-0.25, -0.2) is 0 Å². The van der Waals surface area contributed by atoms with E-state index in [-0.39, 0.29) is 11.9 Å². The molecule has 0 spiro atoms. The van der Waals surface area contributed by atoms with E-state index in [1.165, 1.54) is 0 Å². The number of ether oxygens (including phenoxy) is 1. The third kappa shape index (κ3) is 3.33. The lowest BCUT2D eigenvalue weighted by Gasteiger charge is -2.29. The number of nitrogens with two attached hydrogens (primary N) is 1. The second kappa shape index (κ2) is 6.13. The van der Waals surface area contributed by atoms with Gasteiger partial charge in [-0.2, -0.15) is 9.97 Å². The largest absolute Gasteiger partial charge is 0.378 e. The molecule has 0 aliphatic carbocycles. The highest BCUT2D eigenvalue weighted by atomic mass is 16.5. The summed E-state index contributed by atoms with van der Waals surface area (Å²) in [5.74, 6) is 1.94. The number of amides is 1. The summed E-state index contributed by atoms with van der Waals surface area (Å²) in [6, 6.07) is 1.94. The first-order valence-corrected chi connectivity index (χ1v) is 7.21. The van der Waals surface area contributed by atoms with Crippen LogP contribution in [0.1, 0.15) is 6.42 Å². The summed E-state index contributed by atoms with van der Waals surface area (Å²) < 4.78 is 5.35. The minimum Gasteiger partial charge on any atom is -0.378 e. The van der Waals surface area contributed by atoms with Crippen molar-refractivity contribution in [3.8, 4) is 0 Å². The smallest absolute Gasteiger partial charge is 0.223 e. The number of morpholine rings is 1. The zero-order chi connectivity index (χ0) is 14.7. The van der Waals surface area contributed by atoms with Gasteiger partial charge in [-0.1, -0.05) is 0 Å². The van der Waals surface area contributed by atoms with E-state index in [1.807, 2.05) is 6.07 Å². The van der Waals surface area contributed by atoms with Crippen LogP contribution in [0.15, 0.2) is 6.07 Å². The molecule has 8 heteroatoms. The third-order valence-electron chi connectivity index (χ3n) is 3.69. The average Bonchev–Trinajstić information content (AvgIpc) is 2.72. The fourth-order valence-corrected chi connectivity index (χ4v) is 2.55. The van der Waals surface area contributed by atoms with Crippen LogP contribution in [0.3, 0.4) is 0 Å². The van der Waals surface area contributed by atoms with Crippen molar-refractivity contribution in [1.29, 1.82) is 0 Å². The summed E-state index contributed by atoms with van der Waals surface area (Å²) in [4.78, 5) is 24.3. The average molecular weight is 292 g/mol. The predicted octanol–water partition coefficient (Wildman–Crippen LogP) is -0.778. The Morgan fingerprint density at radius 2 is 1.76 bits per heavy atom. The molecule has 3 N–H and O–H groups in total. The van der Waals surface area contributed by atoms with E-state index in [0.29, 0.717) is 32.7 Å². The van der Waals surface area contributed by atoms with Crippen molar-refractivity contribution in [2.24, 2.45) is 0 Å². The Bertz CT molecular complexity index is 517. The van der Waals surface area contributed by atoms with Crippen molar-refractivity contribution in [1.82, 2.24) is 15.3 Å². The van der Waals surface area contributed by atoms with Crippen molar-refractivity contribution < 1.29 is 9.53 Å². The lowest BCUT2D eigenvalue weighted by Crippen LogP contribution is -2.37. The normalized spacial score (nSPS) is 20.1. The number of hydrogen-bond acceptors (Lipinski definition) is 7. The van der Waals surface area contributed by atoms with Gasteiger partial charge in [0.05, 0.1) is 13.2 Å². The summed E-state index contributed by atoms with van der Waals surface area (Å²) in [6.45, 7) is 4.99. The zero-order valence-electron chi connectivity index (χ0n) is 11.9. The van der Waals surface area contributed by atoms with Crippen molar-refractivity contribution in [2.75, 3.05) is 61.5 Å². The van der Waals surface area contributed by atoms with Crippen LogP contribution < -0.4 is 20.9 Å². The van der Waals surface area contributed by atoms with Gasteiger partial charge in [-0.05, 0) is 0 Å². The van der Waals surface area contributed by atoms with Gasteiger partial charge in [0.1, 0.15) is 11.6 Å². The molecule has 21 heavy (non-hydrogen) atoms. The first-order chi connectivity index (χ1) is 10.2. The Kier molecular flexibility index (Phi) is 4.05. The molecule has 2 aliphatic heterocycles. The standard InChI is InChI=1S/C13H20N6O2/c14-13-16-10(18-3-1-12(20)15-2-4-18)9-11(17-13)19-5-7-21-8-6-19/h9H,1-8H2,(H,15,20)(H2,14,16,17). The molecule has 0 bridgehead atoms. The maximum Gasteiger partial charge on any atom is 0.223 e. The molecule has 3 rings (SSSR count). The fourth-order valence-electron chi connectivity index (χ4n) is 2.55. The zero-order valence-corrected chi connectivity index (χ0v) is 11.9. The Balaban J connectivity index is 1.81. The Hall–Kier alpha value is -2.09. The molecule has 1 aromatic rings. The summed E-state index contributed by atoms with van der Waals surface area (Å²) in [7, 11) is 0. The molecule has 0 aromatic carbocycles. The summed E-state index contributed by atoms with van der Waals surface area (Å²) in [6.07, 6.45) is 0.469. The van der Waals surface area contributed by atoms with Gasteiger partial charge < -0.3 is 25.6 Å². The van der Waals surface area contributed by atoms with Crippen LogP contribution in [0, 0.1) is 0 Å². The van der Waals surface area contributed by atoms with Gasteiger partial charge in [0.2, 0.25) is 11.9 Å². The van der Waals surface area contributed by atoms with E-state index in [9.17, 15) is 4.79 Å². The Morgan fingerprint density at radius 1 is 1.10 bits per heavy atom. The molecule has 2 aliphatic rings. The highest BCUT2D eigenvalue weighted by Crippen LogP contribution is 2.21. The first-order valence-electron chi connectivity index (χ1n) is 7.21. The van der Waals surface area contributed by atoms with E-state index in [2.05, 4.69) is 25.1 Å². The van der Waals surface area contributed by atoms with Crippen LogP contribution in [-0.4, -0.2) is 61.8 Å². The van der Waals surface area contributed by atoms with Crippen molar-refractivity contribution in [3.63, 3.8) is 0 Å². The molecule has 114 valence electrons. The molecule has 0 atom stereocenters. The molecule has 0 radical (unpaired) electrons. The molecule has 0 saturated carbocycles. The molecule has 0 unspecified atom stereocenters. The highest BCUT2D eigenvalue weighted by Gasteiger charge is 2.19. The molecule has 3 heterocycles. The number of rotatable bonds is 2. The van der Waals surface area contributed by atoms with Crippen LogP contribution in [-0.2, 0) is 9.53 Å². The summed E-state index contributed by atoms with van der Waals surface area (Å²) in [5, 5.41) is 2.85. The molecule has 2 saturated heterocycles. The van der Waals surface area contributed by atoms with Gasteiger partial charge in [0.25, 0.3) is 0 Å². The molecule has 8 nitrogen and oxygen atoms in total. The lowest BCUT2D eigenvalue weighted by atomic mass is 10.3. The molecular formula is C13H20N6O2. The van der Waals surface area contributed by atoms with Crippen molar-refractivity contribution in [2.45, 2.75) is 6.42 Å². The topological polar surface area (TPSA) is 96.6 Å². The van der Waals surface area contributed by atoms with E-state index in [4.69, 9.17) is 10.5 Å². The molecule has 2 fully saturated rings. The van der Waals surface area contributed by atoms with Crippen LogP contribution in [0.25, 0.3) is 0 Å². The van der Waals surface area contributed by atoms with Crippen LogP contribution in [0.2, 0.25) is 0 Å². The minimum absolute atomic E-state index is 0.0768. The van der Waals surface area contributed by atoms with Crippen LogP contribution in [0.5, 0.6) is 0 Å². The van der Waals surface area contributed by atoms with Crippen LogP contribution in [0.4, 0.5) is 17.6 Å². The number of carbonyl (C=O) groups is 1. The second-order valence-corrected chi connectivity index (χ2v) is 5.13. The van der Waals surface area contributed by atoms with Gasteiger partial charge in [0, 0.05) is 45.2 Å². The van der Waals surface area contributed by atoms with Gasteiger partial charge in [0.15, 0.2) is 0 Å². The number of nitrogens with zero attached hydrogens (tertiary/aromatic N) is 4. The monoisotopic (exact) mass is 292 g/mol. The van der Waals surface area contributed by atoms with Gasteiger partial charge in [-0.3, -0.25) is 4.79 Å². The highest BCUT2D eigenvalue weighted by molar-refractivity contribution is 5.77. The number of nitrogen functional groups attached to an aromatic ring is 1. The maximum absolute atomic E-state index is 11.4. The molecule has 1 aromatic heterocycles. The SMILES string of the molecule is Nc1nc(N2CCOCC2)cc(N2CCNC(=O)CC2)n1. The predicted molar refractivity (Wildman–Crippen MR) is 79.3 cm³/mol. The maximum atomic E-state index is 11.4. The quantitative estimate of drug-likeness (QED) is 0.738. The lowest BCUT2D eigenvalue weighted by molar-refractivity contribution is -0.120. The third-order valence-corrected chi connectivity index (χ3v) is 3.69. The van der Waals surface area contributed by atoms with E-state index >= 15 is 0 Å². The minimum atomic E-state index is 0.0768. The van der Waals surface area contributed by atoms with Crippen LogP contribution >= 0.6 is 0 Å². The van der Waals surface area contributed by atoms with E-state index in [1.54, 1.807) is 0 Å². The second-order valence-electron chi connectivity index (χ2n) is 5.13. The number of carbonyl (C=O) groups excluding carboxylic acids is 1. The summed E-state index contributed by atoms with van der Waals surface area (Å²) >= 11 is 0. The number of nitrogens with one attached hydrogen (secondary N) is 1. The Labute approximate surface area is 123 Å². The van der Waals surface area contributed by atoms with Crippen molar-refractivity contribution in [3.05, 3.63) is 6.07 Å². The number of hydrogen-bond donors (Lipinski definition) is 2. The molecular weight excluding hydrogens is 272 g/mol. The number of anilines is 3. The van der Waals surface area contributed by atoms with E-state index < -0.39 is 0 Å². The van der Waals surface area contributed by atoms with E-state index in [0.717, 1.165) is 31.3 Å². The van der Waals surface area contributed by atoms with Gasteiger partial charge >= 0.3 is 0 Å². The first kappa shape index (κ1) is 13.9. The van der Waals surface area contributed by atoms with Gasteiger partial charge in [-0.15, -0.1) is 0 Å². The number of aromatic nitrogens is 2. The fraction of sp³-hybridized carbons (Fsp3) is 0.615. The Morgan fingerprint density at radius 3 is 2.48 bits per heavy atom. The van der Waals surface area contributed by atoms with Crippen molar-refractivity contribution >= 4 is 23.5 Å².